The summed E-state index contributed by atoms with van der Waals surface area (Å²) in [4.78, 5) is 5.47. The molecular formula is C19H21ClN2OS. The number of nitrogens with zero attached hydrogens (tertiary/aromatic N) is 2. The Morgan fingerprint density at radius 3 is 2.54 bits per heavy atom. The van der Waals surface area contributed by atoms with Crippen LogP contribution >= 0.6 is 23.8 Å². The third kappa shape index (κ3) is 3.82. The molecule has 2 aromatic rings. The van der Waals surface area contributed by atoms with E-state index in [1.165, 1.54) is 5.69 Å². The Labute approximate surface area is 153 Å². The van der Waals surface area contributed by atoms with Crippen molar-refractivity contribution in [2.75, 3.05) is 37.7 Å². The molecule has 0 radical (unpaired) electrons. The molecule has 5 heteroatoms. The second-order valence-corrected chi connectivity index (χ2v) is 6.51. The molecule has 0 aromatic heterocycles. The Morgan fingerprint density at radius 2 is 1.83 bits per heavy atom. The van der Waals surface area contributed by atoms with Crippen LogP contribution in [0.5, 0.6) is 5.75 Å². The van der Waals surface area contributed by atoms with Gasteiger partial charge >= 0.3 is 0 Å². The highest BCUT2D eigenvalue weighted by molar-refractivity contribution is 7.80. The highest BCUT2D eigenvalue weighted by Gasteiger charge is 2.21. The monoisotopic (exact) mass is 360 g/mol. The standard InChI is InChI=1S/C19H21ClN2OS/c1-2-23-18-9-4-3-8-17(18)19(24)22-12-10-21(11-13-22)16-7-5-6-15(20)14-16/h3-9,14H,2,10-13H2,1H3. The van der Waals surface area contributed by atoms with Crippen molar-refractivity contribution in [1.82, 2.24) is 4.90 Å². The van der Waals surface area contributed by atoms with Crippen LogP contribution in [0.1, 0.15) is 12.5 Å². The molecule has 1 aliphatic rings. The maximum absolute atomic E-state index is 6.10. The number of hydrogen-bond acceptors (Lipinski definition) is 3. The SMILES string of the molecule is CCOc1ccccc1C(=S)N1CCN(c2cccc(Cl)c2)CC1. The zero-order valence-electron chi connectivity index (χ0n) is 13.7. The van der Waals surface area contributed by atoms with Crippen molar-refractivity contribution >= 4 is 34.5 Å². The molecule has 0 atom stereocenters. The predicted molar refractivity (Wildman–Crippen MR) is 105 cm³/mol. The molecule has 0 saturated carbocycles. The summed E-state index contributed by atoms with van der Waals surface area (Å²) in [6.45, 7) is 6.28. The number of para-hydroxylation sites is 1. The molecule has 0 unspecified atom stereocenters. The molecule has 2 aromatic carbocycles. The van der Waals surface area contributed by atoms with Crippen molar-refractivity contribution in [2.24, 2.45) is 0 Å². The quantitative estimate of drug-likeness (QED) is 0.757. The van der Waals surface area contributed by atoms with E-state index in [9.17, 15) is 0 Å². The molecule has 126 valence electrons. The summed E-state index contributed by atoms with van der Waals surface area (Å²) in [6.07, 6.45) is 0. The molecular weight excluding hydrogens is 340 g/mol. The van der Waals surface area contributed by atoms with Gasteiger partial charge in [-0.25, -0.2) is 0 Å². The average molecular weight is 361 g/mol. The van der Waals surface area contributed by atoms with Crippen LogP contribution in [0.2, 0.25) is 5.02 Å². The summed E-state index contributed by atoms with van der Waals surface area (Å²) in [5.41, 5.74) is 2.17. The van der Waals surface area contributed by atoms with Crippen LogP contribution in [0.15, 0.2) is 48.5 Å². The summed E-state index contributed by atoms with van der Waals surface area (Å²) in [5.74, 6) is 0.863. The van der Waals surface area contributed by atoms with Crippen LogP contribution in [0.4, 0.5) is 5.69 Å². The lowest BCUT2D eigenvalue weighted by molar-refractivity contribution is 0.337. The molecule has 0 aliphatic carbocycles. The molecule has 3 rings (SSSR count). The fraction of sp³-hybridized carbons (Fsp3) is 0.316. The second-order valence-electron chi connectivity index (χ2n) is 5.69. The van der Waals surface area contributed by atoms with Crippen molar-refractivity contribution in [3.05, 3.63) is 59.1 Å². The van der Waals surface area contributed by atoms with Gasteiger partial charge in [0.1, 0.15) is 10.7 Å². The van der Waals surface area contributed by atoms with Gasteiger partial charge in [-0.1, -0.05) is 42.0 Å². The molecule has 0 amide bonds. The van der Waals surface area contributed by atoms with Crippen molar-refractivity contribution in [1.29, 1.82) is 0 Å². The molecule has 24 heavy (non-hydrogen) atoms. The van der Waals surface area contributed by atoms with Crippen molar-refractivity contribution < 1.29 is 4.74 Å². The van der Waals surface area contributed by atoms with Crippen molar-refractivity contribution in [2.45, 2.75) is 6.92 Å². The minimum Gasteiger partial charge on any atom is -0.493 e. The topological polar surface area (TPSA) is 15.7 Å². The zero-order chi connectivity index (χ0) is 16.9. The maximum atomic E-state index is 6.10. The highest BCUT2D eigenvalue weighted by Crippen LogP contribution is 2.24. The molecule has 1 aliphatic heterocycles. The van der Waals surface area contributed by atoms with Gasteiger partial charge in [0.2, 0.25) is 0 Å². The molecule has 3 nitrogen and oxygen atoms in total. The van der Waals surface area contributed by atoms with Gasteiger partial charge in [-0.3, -0.25) is 0 Å². The Balaban J connectivity index is 1.67. The van der Waals surface area contributed by atoms with Crippen LogP contribution in [0.3, 0.4) is 0 Å². The summed E-state index contributed by atoms with van der Waals surface area (Å²) in [5, 5.41) is 0.774. The van der Waals surface area contributed by atoms with Crippen LogP contribution < -0.4 is 9.64 Å². The first kappa shape index (κ1) is 17.1. The van der Waals surface area contributed by atoms with E-state index in [2.05, 4.69) is 15.9 Å². The number of hydrogen-bond donors (Lipinski definition) is 0. The molecule has 1 fully saturated rings. The zero-order valence-corrected chi connectivity index (χ0v) is 15.3. The Morgan fingerprint density at radius 1 is 1.08 bits per heavy atom. The second kappa shape index (κ2) is 7.86. The third-order valence-corrected chi connectivity index (χ3v) is 4.87. The maximum Gasteiger partial charge on any atom is 0.129 e. The highest BCUT2D eigenvalue weighted by atomic mass is 35.5. The van der Waals surface area contributed by atoms with E-state index in [0.717, 1.165) is 47.5 Å². The van der Waals surface area contributed by atoms with Crippen LogP contribution in [0, 0.1) is 0 Å². The first-order valence-corrected chi connectivity index (χ1v) is 8.99. The van der Waals surface area contributed by atoms with E-state index >= 15 is 0 Å². The minimum atomic E-state index is 0.641. The Bertz CT molecular complexity index is 714. The lowest BCUT2D eigenvalue weighted by atomic mass is 10.1. The number of anilines is 1. The molecule has 0 bridgehead atoms. The lowest BCUT2D eigenvalue weighted by Gasteiger charge is -2.37. The molecule has 1 heterocycles. The van der Waals surface area contributed by atoms with Gasteiger partial charge in [0, 0.05) is 36.9 Å². The average Bonchev–Trinajstić information content (AvgIpc) is 2.62. The van der Waals surface area contributed by atoms with E-state index in [1.807, 2.05) is 49.4 Å². The molecule has 0 N–H and O–H groups in total. The van der Waals surface area contributed by atoms with E-state index in [0.29, 0.717) is 6.61 Å². The van der Waals surface area contributed by atoms with Gasteiger partial charge in [-0.2, -0.15) is 0 Å². The smallest absolute Gasteiger partial charge is 0.129 e. The van der Waals surface area contributed by atoms with Crippen molar-refractivity contribution in [3.63, 3.8) is 0 Å². The summed E-state index contributed by atoms with van der Waals surface area (Å²) in [7, 11) is 0. The fourth-order valence-electron chi connectivity index (χ4n) is 2.94. The minimum absolute atomic E-state index is 0.641. The van der Waals surface area contributed by atoms with Gasteiger partial charge in [0.15, 0.2) is 0 Å². The normalized spacial score (nSPS) is 14.6. The van der Waals surface area contributed by atoms with E-state index < -0.39 is 0 Å². The number of halogens is 1. The van der Waals surface area contributed by atoms with E-state index in [4.69, 9.17) is 28.6 Å². The summed E-state index contributed by atoms with van der Waals surface area (Å²) in [6, 6.07) is 16.0. The van der Waals surface area contributed by atoms with E-state index in [-0.39, 0.29) is 0 Å². The largest absolute Gasteiger partial charge is 0.493 e. The van der Waals surface area contributed by atoms with Gasteiger partial charge in [-0.05, 0) is 37.3 Å². The van der Waals surface area contributed by atoms with Crippen LogP contribution in [-0.2, 0) is 0 Å². The van der Waals surface area contributed by atoms with Gasteiger partial charge in [0.05, 0.1) is 12.2 Å². The number of ether oxygens (including phenoxy) is 1. The lowest BCUT2D eigenvalue weighted by Crippen LogP contribution is -2.48. The number of piperazine rings is 1. The first-order valence-electron chi connectivity index (χ1n) is 8.20. The first-order chi connectivity index (χ1) is 11.7. The van der Waals surface area contributed by atoms with E-state index in [1.54, 1.807) is 0 Å². The van der Waals surface area contributed by atoms with Gasteiger partial charge < -0.3 is 14.5 Å². The number of rotatable bonds is 4. The third-order valence-electron chi connectivity index (χ3n) is 4.16. The summed E-state index contributed by atoms with van der Waals surface area (Å²) >= 11 is 11.8. The van der Waals surface area contributed by atoms with Crippen LogP contribution in [0.25, 0.3) is 0 Å². The van der Waals surface area contributed by atoms with Gasteiger partial charge in [0.25, 0.3) is 0 Å². The predicted octanol–water partition coefficient (Wildman–Crippen LogP) is 4.24. The Kier molecular flexibility index (Phi) is 5.59. The molecule has 0 spiro atoms. The fourth-order valence-corrected chi connectivity index (χ4v) is 3.47. The Hall–Kier alpha value is -1.78. The number of thiocarbonyl (C=S) groups is 1. The van der Waals surface area contributed by atoms with Crippen molar-refractivity contribution in [3.8, 4) is 5.75 Å². The van der Waals surface area contributed by atoms with Gasteiger partial charge in [-0.15, -0.1) is 0 Å². The number of benzene rings is 2. The molecule has 1 saturated heterocycles. The van der Waals surface area contributed by atoms with Crippen LogP contribution in [-0.4, -0.2) is 42.7 Å². The summed E-state index contributed by atoms with van der Waals surface area (Å²) < 4.78 is 5.71.